The molecule has 0 aromatic heterocycles. The number of carbonyl (C=O) groups is 2. The summed E-state index contributed by atoms with van der Waals surface area (Å²) in [6.45, 7) is 3.97. The molecule has 2 heterocycles. The molecule has 1 N–H and O–H groups in total. The molecule has 2 aliphatic heterocycles. The molecule has 176 valence electrons. The predicted molar refractivity (Wildman–Crippen MR) is 142 cm³/mol. The van der Waals surface area contributed by atoms with Crippen LogP contribution < -0.4 is 5.32 Å². The van der Waals surface area contributed by atoms with Crippen molar-refractivity contribution in [1.82, 2.24) is 4.90 Å². The van der Waals surface area contributed by atoms with E-state index in [0.717, 1.165) is 28.1 Å². The normalized spacial score (nSPS) is 17.3. The van der Waals surface area contributed by atoms with Crippen molar-refractivity contribution in [2.75, 3.05) is 5.32 Å². The van der Waals surface area contributed by atoms with E-state index in [4.69, 9.17) is 9.98 Å². The number of aryl methyl sites for hydroxylation is 1. The van der Waals surface area contributed by atoms with Crippen molar-refractivity contribution in [2.45, 2.75) is 38.0 Å². The lowest BCUT2D eigenvalue weighted by atomic mass is 10.1. The summed E-state index contributed by atoms with van der Waals surface area (Å²) in [5, 5.41) is 3.07. The summed E-state index contributed by atoms with van der Waals surface area (Å²) >= 11 is 1.31. The maximum atomic E-state index is 13.5. The number of para-hydroxylation sites is 1. The molecular weight excluding hydrogens is 456 g/mol. The monoisotopic (exact) mass is 482 g/mol. The number of anilines is 1. The summed E-state index contributed by atoms with van der Waals surface area (Å²) in [4.78, 5) is 37.9. The summed E-state index contributed by atoms with van der Waals surface area (Å²) in [5.74, 6) is 0.380. The van der Waals surface area contributed by atoms with Crippen LogP contribution in [0.5, 0.6) is 0 Å². The lowest BCUT2D eigenvalue weighted by Gasteiger charge is -2.27. The Morgan fingerprint density at radius 2 is 1.74 bits per heavy atom. The van der Waals surface area contributed by atoms with Gasteiger partial charge in [0.15, 0.2) is 5.17 Å². The zero-order valence-electron chi connectivity index (χ0n) is 19.6. The first-order chi connectivity index (χ1) is 17.0. The number of fused-ring (bicyclic) bond motifs is 3. The SMILES string of the molecule is CC[C@@H](SC1=Nc2ccccc2C2=N[C@H](Cc3ccccc3)C(=O)N12)C(=O)Nc1ccc(C)cc1. The molecule has 0 fully saturated rings. The fourth-order valence-corrected chi connectivity index (χ4v) is 5.18. The molecule has 0 aliphatic carbocycles. The molecule has 5 rings (SSSR count). The van der Waals surface area contributed by atoms with Gasteiger partial charge >= 0.3 is 0 Å². The number of hydrogen-bond acceptors (Lipinski definition) is 5. The Morgan fingerprint density at radius 1 is 1.03 bits per heavy atom. The summed E-state index contributed by atoms with van der Waals surface area (Å²) < 4.78 is 0. The van der Waals surface area contributed by atoms with Gasteiger partial charge in [0.05, 0.1) is 10.9 Å². The highest BCUT2D eigenvalue weighted by Crippen LogP contribution is 2.36. The third kappa shape index (κ3) is 4.77. The van der Waals surface area contributed by atoms with Gasteiger partial charge in [0, 0.05) is 17.7 Å². The lowest BCUT2D eigenvalue weighted by Crippen LogP contribution is -2.42. The number of amidine groups is 2. The molecule has 0 radical (unpaired) electrons. The van der Waals surface area contributed by atoms with E-state index >= 15 is 0 Å². The van der Waals surface area contributed by atoms with Gasteiger partial charge in [-0.3, -0.25) is 14.6 Å². The molecule has 3 aromatic carbocycles. The van der Waals surface area contributed by atoms with E-state index in [1.807, 2.05) is 92.7 Å². The van der Waals surface area contributed by atoms with Crippen LogP contribution in [0.4, 0.5) is 11.4 Å². The minimum absolute atomic E-state index is 0.113. The summed E-state index contributed by atoms with van der Waals surface area (Å²) in [7, 11) is 0. The number of benzene rings is 3. The zero-order valence-corrected chi connectivity index (χ0v) is 20.5. The summed E-state index contributed by atoms with van der Waals surface area (Å²) in [6, 6.07) is 24.8. The number of hydrogen-bond donors (Lipinski definition) is 1. The van der Waals surface area contributed by atoms with Crippen LogP contribution in [0, 0.1) is 6.92 Å². The second-order valence-electron chi connectivity index (χ2n) is 8.61. The Balaban J connectivity index is 1.42. The minimum Gasteiger partial charge on any atom is -0.325 e. The van der Waals surface area contributed by atoms with E-state index in [9.17, 15) is 9.59 Å². The molecular formula is C28H26N4O2S. The van der Waals surface area contributed by atoms with Crippen LogP contribution in [0.2, 0.25) is 0 Å². The van der Waals surface area contributed by atoms with E-state index in [2.05, 4.69) is 5.32 Å². The topological polar surface area (TPSA) is 74.1 Å². The Bertz CT molecular complexity index is 1320. The Morgan fingerprint density at radius 3 is 2.49 bits per heavy atom. The highest BCUT2D eigenvalue weighted by atomic mass is 32.2. The van der Waals surface area contributed by atoms with Gasteiger partial charge in [0.2, 0.25) is 5.91 Å². The molecule has 2 amide bonds. The smallest absolute Gasteiger partial charge is 0.259 e. The van der Waals surface area contributed by atoms with Crippen LogP contribution in [-0.4, -0.2) is 39.0 Å². The van der Waals surface area contributed by atoms with Gasteiger partial charge in [-0.05, 0) is 43.2 Å². The number of nitrogens with zero attached hydrogens (tertiary/aromatic N) is 3. The highest BCUT2D eigenvalue weighted by molar-refractivity contribution is 8.15. The van der Waals surface area contributed by atoms with Crippen LogP contribution in [0.1, 0.15) is 30.0 Å². The quantitative estimate of drug-likeness (QED) is 0.515. The van der Waals surface area contributed by atoms with Gasteiger partial charge in [-0.15, -0.1) is 0 Å². The van der Waals surface area contributed by atoms with Gasteiger partial charge in [0.25, 0.3) is 5.91 Å². The Hall–Kier alpha value is -3.71. The zero-order chi connectivity index (χ0) is 24.4. The Kier molecular flexibility index (Phi) is 6.51. The van der Waals surface area contributed by atoms with Gasteiger partial charge in [-0.2, -0.15) is 0 Å². The average Bonchev–Trinajstić information content (AvgIpc) is 3.20. The third-order valence-electron chi connectivity index (χ3n) is 6.05. The number of nitrogens with one attached hydrogen (secondary N) is 1. The number of rotatable bonds is 6. The molecule has 7 heteroatoms. The number of carbonyl (C=O) groups excluding carboxylic acids is 2. The van der Waals surface area contributed by atoms with Crippen LogP contribution in [-0.2, 0) is 16.0 Å². The molecule has 0 unspecified atom stereocenters. The Labute approximate surface area is 209 Å². The average molecular weight is 483 g/mol. The fourth-order valence-electron chi connectivity index (χ4n) is 4.16. The van der Waals surface area contributed by atoms with E-state index in [1.165, 1.54) is 11.8 Å². The van der Waals surface area contributed by atoms with Crippen LogP contribution in [0.3, 0.4) is 0 Å². The van der Waals surface area contributed by atoms with Crippen molar-refractivity contribution in [3.8, 4) is 0 Å². The van der Waals surface area contributed by atoms with Crippen molar-refractivity contribution < 1.29 is 9.59 Å². The molecule has 3 aromatic rings. The molecule has 0 saturated heterocycles. The standard InChI is InChI=1S/C28H26N4O2S/c1-3-24(26(33)29-20-15-13-18(2)14-16-20)35-28-31-22-12-8-7-11-21(22)25-30-23(27(34)32(25)28)17-19-9-5-4-6-10-19/h4-16,23-24H,3,17H2,1-2H3,(H,29,33)/t23-,24-/m1/s1. The van der Waals surface area contributed by atoms with Crippen molar-refractivity contribution >= 4 is 46.0 Å². The first-order valence-electron chi connectivity index (χ1n) is 11.7. The predicted octanol–water partition coefficient (Wildman–Crippen LogP) is 5.35. The van der Waals surface area contributed by atoms with Crippen LogP contribution in [0.15, 0.2) is 88.8 Å². The molecule has 35 heavy (non-hydrogen) atoms. The molecule has 2 aliphatic rings. The number of aliphatic imine (C=N–C) groups is 2. The molecule has 0 bridgehead atoms. The van der Waals surface area contributed by atoms with Gasteiger partial charge in [-0.25, -0.2) is 9.89 Å². The second-order valence-corrected chi connectivity index (χ2v) is 9.78. The third-order valence-corrected chi connectivity index (χ3v) is 7.37. The number of thioether (sulfide) groups is 1. The molecule has 0 saturated carbocycles. The van der Waals surface area contributed by atoms with Crippen molar-refractivity contribution in [3.63, 3.8) is 0 Å². The first-order valence-corrected chi connectivity index (χ1v) is 12.6. The van der Waals surface area contributed by atoms with Gasteiger partial charge in [-0.1, -0.05) is 78.8 Å². The number of amides is 2. The first kappa shape index (κ1) is 23.1. The van der Waals surface area contributed by atoms with E-state index in [1.54, 1.807) is 4.90 Å². The van der Waals surface area contributed by atoms with Crippen LogP contribution in [0.25, 0.3) is 0 Å². The minimum atomic E-state index is -0.522. The van der Waals surface area contributed by atoms with Gasteiger partial charge < -0.3 is 5.32 Å². The van der Waals surface area contributed by atoms with Gasteiger partial charge in [0.1, 0.15) is 11.9 Å². The van der Waals surface area contributed by atoms with E-state index in [0.29, 0.717) is 23.8 Å². The second kappa shape index (κ2) is 9.88. The van der Waals surface area contributed by atoms with Crippen LogP contribution >= 0.6 is 11.8 Å². The molecule has 0 spiro atoms. The van der Waals surface area contributed by atoms with Crippen molar-refractivity contribution in [3.05, 3.63) is 95.6 Å². The summed E-state index contributed by atoms with van der Waals surface area (Å²) in [5.41, 5.74) is 4.52. The highest BCUT2D eigenvalue weighted by Gasteiger charge is 2.42. The lowest BCUT2D eigenvalue weighted by molar-refractivity contribution is -0.124. The maximum Gasteiger partial charge on any atom is 0.259 e. The maximum absolute atomic E-state index is 13.5. The molecule has 6 nitrogen and oxygen atoms in total. The fraction of sp³-hybridized carbons (Fsp3) is 0.214. The van der Waals surface area contributed by atoms with E-state index in [-0.39, 0.29) is 11.8 Å². The van der Waals surface area contributed by atoms with Crippen molar-refractivity contribution in [2.24, 2.45) is 9.98 Å². The largest absolute Gasteiger partial charge is 0.325 e. The van der Waals surface area contributed by atoms with E-state index < -0.39 is 11.3 Å². The summed E-state index contributed by atoms with van der Waals surface area (Å²) in [6.07, 6.45) is 1.11. The van der Waals surface area contributed by atoms with Crippen molar-refractivity contribution in [1.29, 1.82) is 0 Å². The molecule has 2 atom stereocenters.